The van der Waals surface area contributed by atoms with Gasteiger partial charge in [-0.05, 0) is 43.3 Å². The summed E-state index contributed by atoms with van der Waals surface area (Å²) in [5.74, 6) is -2.98. The van der Waals surface area contributed by atoms with Gasteiger partial charge in [0.25, 0.3) is 5.91 Å². The van der Waals surface area contributed by atoms with Crippen molar-refractivity contribution in [2.24, 2.45) is 0 Å². The molecule has 3 rings (SSSR count). The first kappa shape index (κ1) is 32.8. The van der Waals surface area contributed by atoms with Crippen LogP contribution in [-0.4, -0.2) is 37.8 Å². The molecule has 0 saturated carbocycles. The molecular weight excluding hydrogens is 653 g/mol. The van der Waals surface area contributed by atoms with Crippen molar-refractivity contribution in [2.45, 2.75) is 38.0 Å². The van der Waals surface area contributed by atoms with Gasteiger partial charge in [0, 0.05) is 27.6 Å². The number of anilines is 1. The number of benzene rings is 3. The summed E-state index contributed by atoms with van der Waals surface area (Å²) in [6.45, 7) is -1.95. The van der Waals surface area contributed by atoms with Gasteiger partial charge < -0.3 is 14.8 Å². The van der Waals surface area contributed by atoms with Gasteiger partial charge in [-0.3, -0.25) is 9.59 Å². The Bertz CT molecular complexity index is 1460. The van der Waals surface area contributed by atoms with Gasteiger partial charge in [-0.2, -0.15) is 35.1 Å². The smallest absolute Gasteiger partial charge is 0.435 e. The summed E-state index contributed by atoms with van der Waals surface area (Å²) in [5.41, 5.74) is -7.71. The average Bonchev–Trinajstić information content (AvgIpc) is 2.88. The van der Waals surface area contributed by atoms with Crippen LogP contribution in [0.2, 0.25) is 0 Å². The summed E-state index contributed by atoms with van der Waals surface area (Å²) in [6, 6.07) is 10.3. The van der Waals surface area contributed by atoms with E-state index in [-0.39, 0.29) is 34.7 Å². The maximum Gasteiger partial charge on any atom is 0.435 e. The number of carbonyl (C=O) groups excluding carboxylic acids is 2. The van der Waals surface area contributed by atoms with Crippen molar-refractivity contribution in [3.63, 3.8) is 0 Å². The zero-order valence-electron chi connectivity index (χ0n) is 21.4. The van der Waals surface area contributed by atoms with E-state index in [9.17, 15) is 49.1 Å². The van der Waals surface area contributed by atoms with E-state index in [0.29, 0.717) is 0 Å². The standard InChI is InChI=1S/C27H19BrF9NO4/c1-13-6-8-14(9-7-13)23(40)38-19-5-3-4-16(22(19)41-2)20(39)12-17-18(28)10-15(11-21(17)42-24(29)30)25(31,26(32,33)34)27(35,36)37/h3-11,24H,12H2,1-2H3,(H,38,40). The van der Waals surface area contributed by atoms with Crippen molar-refractivity contribution in [3.05, 3.63) is 86.9 Å². The minimum Gasteiger partial charge on any atom is -0.494 e. The number of Topliss-reactive ketones (excluding diaryl/α,β-unsaturated/α-hetero) is 1. The number of ether oxygens (including phenoxy) is 2. The highest BCUT2D eigenvalue weighted by atomic mass is 79.9. The van der Waals surface area contributed by atoms with E-state index in [0.717, 1.165) is 12.7 Å². The van der Waals surface area contributed by atoms with Gasteiger partial charge >= 0.3 is 24.6 Å². The second-order valence-corrected chi connectivity index (χ2v) is 9.63. The van der Waals surface area contributed by atoms with Crippen LogP contribution in [0.15, 0.2) is 59.1 Å². The molecule has 0 unspecified atom stereocenters. The largest absolute Gasteiger partial charge is 0.494 e. The minimum atomic E-state index is -6.53. The molecule has 0 atom stereocenters. The number of nitrogens with one attached hydrogen (secondary N) is 1. The van der Waals surface area contributed by atoms with Crippen LogP contribution in [0.3, 0.4) is 0 Å². The highest BCUT2D eigenvalue weighted by molar-refractivity contribution is 9.10. The van der Waals surface area contributed by atoms with Crippen molar-refractivity contribution >= 4 is 33.3 Å². The first-order valence-corrected chi connectivity index (χ1v) is 12.4. The number of halogens is 10. The molecule has 0 aliphatic rings. The number of para-hydroxylation sites is 1. The molecule has 0 radical (unpaired) electrons. The first-order chi connectivity index (χ1) is 19.4. The zero-order chi connectivity index (χ0) is 31.6. The molecule has 0 aromatic heterocycles. The molecular formula is C27H19BrF9NO4. The zero-order valence-corrected chi connectivity index (χ0v) is 23.0. The summed E-state index contributed by atoms with van der Waals surface area (Å²) in [5, 5.41) is 2.55. The predicted molar refractivity (Wildman–Crippen MR) is 136 cm³/mol. The molecule has 42 heavy (non-hydrogen) atoms. The van der Waals surface area contributed by atoms with Gasteiger partial charge in [0.05, 0.1) is 18.4 Å². The number of carbonyl (C=O) groups is 2. The van der Waals surface area contributed by atoms with Crippen LogP contribution in [0, 0.1) is 6.92 Å². The molecule has 0 bridgehead atoms. The van der Waals surface area contributed by atoms with Gasteiger partial charge in [0.2, 0.25) is 0 Å². The molecule has 226 valence electrons. The second kappa shape index (κ2) is 12.2. The SMILES string of the molecule is COc1c(NC(=O)c2ccc(C)cc2)cccc1C(=O)Cc1c(Br)cc(C(F)(C(F)(F)F)C(F)(F)F)cc1OC(F)F. The third kappa shape index (κ3) is 6.66. The van der Waals surface area contributed by atoms with Crippen molar-refractivity contribution in [1.29, 1.82) is 0 Å². The highest BCUT2D eigenvalue weighted by Crippen LogP contribution is 2.54. The lowest BCUT2D eigenvalue weighted by Gasteiger charge is -2.31. The fourth-order valence-electron chi connectivity index (χ4n) is 3.90. The van der Waals surface area contributed by atoms with E-state index in [4.69, 9.17) is 4.74 Å². The number of alkyl halides is 9. The summed E-state index contributed by atoms with van der Waals surface area (Å²) in [7, 11) is 1.15. The fraction of sp³-hybridized carbons (Fsp3) is 0.259. The van der Waals surface area contributed by atoms with E-state index in [2.05, 4.69) is 26.0 Å². The van der Waals surface area contributed by atoms with Crippen molar-refractivity contribution in [2.75, 3.05) is 12.4 Å². The normalized spacial score (nSPS) is 12.3. The third-order valence-electron chi connectivity index (χ3n) is 5.97. The summed E-state index contributed by atoms with van der Waals surface area (Å²) >= 11 is 2.66. The Kier molecular flexibility index (Phi) is 9.54. The lowest BCUT2D eigenvalue weighted by Crippen LogP contribution is -2.50. The van der Waals surface area contributed by atoms with Crippen LogP contribution in [0.4, 0.5) is 45.2 Å². The van der Waals surface area contributed by atoms with E-state index < -0.39 is 64.1 Å². The van der Waals surface area contributed by atoms with Crippen LogP contribution in [0.5, 0.6) is 11.5 Å². The molecule has 0 fully saturated rings. The summed E-state index contributed by atoms with van der Waals surface area (Å²) in [6.07, 6.45) is -14.0. The Labute approximate surface area is 240 Å². The van der Waals surface area contributed by atoms with Crippen molar-refractivity contribution < 1.29 is 58.6 Å². The molecule has 0 aliphatic heterocycles. The molecule has 1 amide bonds. The number of ketones is 1. The molecule has 0 aliphatic carbocycles. The third-order valence-corrected chi connectivity index (χ3v) is 6.68. The minimum absolute atomic E-state index is 0.0185. The highest BCUT2D eigenvalue weighted by Gasteiger charge is 2.73. The monoisotopic (exact) mass is 671 g/mol. The molecule has 3 aromatic carbocycles. The van der Waals surface area contributed by atoms with Gasteiger partial charge in [-0.25, -0.2) is 4.39 Å². The van der Waals surface area contributed by atoms with Gasteiger partial charge in [0.1, 0.15) is 5.75 Å². The number of hydrogen-bond donors (Lipinski definition) is 1. The number of aryl methyl sites for hydroxylation is 1. The van der Waals surface area contributed by atoms with Crippen LogP contribution in [0.1, 0.15) is 37.4 Å². The number of rotatable bonds is 9. The number of hydrogen-bond acceptors (Lipinski definition) is 4. The maximum atomic E-state index is 14.7. The lowest BCUT2D eigenvalue weighted by molar-refractivity contribution is -0.348. The number of amides is 1. The van der Waals surface area contributed by atoms with Gasteiger partial charge in [-0.1, -0.05) is 39.7 Å². The van der Waals surface area contributed by atoms with E-state index in [1.54, 1.807) is 24.3 Å². The van der Waals surface area contributed by atoms with E-state index in [1.165, 1.54) is 18.2 Å². The molecule has 5 nitrogen and oxygen atoms in total. The predicted octanol–water partition coefficient (Wildman–Crippen LogP) is 8.33. The first-order valence-electron chi connectivity index (χ1n) is 11.6. The molecule has 0 saturated heterocycles. The molecule has 0 spiro atoms. The maximum absolute atomic E-state index is 14.7. The molecule has 0 heterocycles. The Morgan fingerprint density at radius 1 is 0.929 bits per heavy atom. The Balaban J connectivity index is 2.04. The number of methoxy groups -OCH3 is 1. The van der Waals surface area contributed by atoms with Crippen LogP contribution < -0.4 is 14.8 Å². The van der Waals surface area contributed by atoms with Crippen molar-refractivity contribution in [3.8, 4) is 11.5 Å². The Morgan fingerprint density at radius 3 is 2.05 bits per heavy atom. The van der Waals surface area contributed by atoms with Crippen LogP contribution >= 0.6 is 15.9 Å². The molecule has 3 aromatic rings. The van der Waals surface area contributed by atoms with Gasteiger partial charge in [0.15, 0.2) is 11.5 Å². The van der Waals surface area contributed by atoms with Gasteiger partial charge in [-0.15, -0.1) is 0 Å². The molecule has 1 N–H and O–H groups in total. The van der Waals surface area contributed by atoms with E-state index in [1.807, 2.05) is 6.92 Å². The Morgan fingerprint density at radius 2 is 1.52 bits per heavy atom. The summed E-state index contributed by atoms with van der Waals surface area (Å²) < 4.78 is 129. The van der Waals surface area contributed by atoms with Crippen molar-refractivity contribution in [1.82, 2.24) is 0 Å². The van der Waals surface area contributed by atoms with Crippen LogP contribution in [0.25, 0.3) is 0 Å². The second-order valence-electron chi connectivity index (χ2n) is 8.77. The van der Waals surface area contributed by atoms with Crippen LogP contribution in [-0.2, 0) is 12.1 Å². The van der Waals surface area contributed by atoms with E-state index >= 15 is 0 Å². The fourth-order valence-corrected chi connectivity index (χ4v) is 4.48. The summed E-state index contributed by atoms with van der Waals surface area (Å²) in [4.78, 5) is 25.9. The molecule has 15 heteroatoms. The topological polar surface area (TPSA) is 64.6 Å². The lowest BCUT2D eigenvalue weighted by atomic mass is 9.91. The average molecular weight is 672 g/mol. The quantitative estimate of drug-likeness (QED) is 0.184. The Hall–Kier alpha value is -3.75.